The van der Waals surface area contributed by atoms with Gasteiger partial charge in [-0.3, -0.25) is 0 Å². The van der Waals surface area contributed by atoms with Crippen molar-refractivity contribution in [2.24, 2.45) is 0 Å². The van der Waals surface area contributed by atoms with E-state index in [2.05, 4.69) is 6.58 Å². The van der Waals surface area contributed by atoms with E-state index in [0.29, 0.717) is 5.56 Å². The normalized spacial score (nSPS) is 11.0. The Hall–Kier alpha value is -2.13. The summed E-state index contributed by atoms with van der Waals surface area (Å²) in [7, 11) is 0. The molecule has 1 rings (SSSR count). The number of benzene rings is 1. The second-order valence-electron chi connectivity index (χ2n) is 4.26. The van der Waals surface area contributed by atoms with Gasteiger partial charge in [-0.05, 0) is 36.6 Å². The van der Waals surface area contributed by atoms with Crippen molar-refractivity contribution in [2.45, 2.75) is 34.3 Å². The van der Waals surface area contributed by atoms with Gasteiger partial charge in [0.25, 0.3) is 0 Å². The van der Waals surface area contributed by atoms with Crippen LogP contribution in [0.2, 0.25) is 0 Å². The number of aliphatic hydroxyl groups excluding tert-OH is 1. The average Bonchev–Trinajstić information content (AvgIpc) is 2.49. The van der Waals surface area contributed by atoms with E-state index in [1.807, 2.05) is 45.9 Å². The zero-order valence-electron chi connectivity index (χ0n) is 13.2. The molecule has 0 aromatic heterocycles. The van der Waals surface area contributed by atoms with Gasteiger partial charge in [-0.2, -0.15) is 0 Å². The minimum absolute atomic E-state index is 0.128. The molecule has 0 heterocycles. The lowest BCUT2D eigenvalue weighted by Crippen LogP contribution is -2.03. The Morgan fingerprint density at radius 3 is 2.33 bits per heavy atom. The van der Waals surface area contributed by atoms with Crippen molar-refractivity contribution in [3.8, 4) is 0 Å². The van der Waals surface area contributed by atoms with Crippen LogP contribution >= 0.6 is 0 Å². The molecule has 0 aliphatic heterocycles. The van der Waals surface area contributed by atoms with Crippen LogP contribution in [0, 0.1) is 0 Å². The third-order valence-corrected chi connectivity index (χ3v) is 2.70. The molecule has 3 nitrogen and oxygen atoms in total. The molecule has 1 aromatic carbocycles. The molecule has 3 heteroatoms. The second kappa shape index (κ2) is 9.72. The maximum absolute atomic E-state index is 11.1. The zero-order valence-corrected chi connectivity index (χ0v) is 13.2. The number of aliphatic hydroxyl groups is 1. The van der Waals surface area contributed by atoms with Crippen molar-refractivity contribution in [2.75, 3.05) is 0 Å². The molecule has 0 amide bonds. The van der Waals surface area contributed by atoms with Gasteiger partial charge in [0.15, 0.2) is 0 Å². The summed E-state index contributed by atoms with van der Waals surface area (Å²) in [5.41, 5.74) is 3.17. The first-order valence-electron chi connectivity index (χ1n) is 6.97. The van der Waals surface area contributed by atoms with Crippen LogP contribution in [0.1, 0.15) is 49.2 Å². The minimum atomic E-state index is -1.04. The maximum Gasteiger partial charge on any atom is 0.336 e. The van der Waals surface area contributed by atoms with Gasteiger partial charge in [-0.15, -0.1) is 0 Å². The van der Waals surface area contributed by atoms with Gasteiger partial charge in [-0.25, -0.2) is 4.79 Å². The summed E-state index contributed by atoms with van der Waals surface area (Å²) in [6, 6.07) is 5.01. The number of carbonyl (C=O) groups is 1. The van der Waals surface area contributed by atoms with Crippen LogP contribution < -0.4 is 0 Å². The quantitative estimate of drug-likeness (QED) is 0.787. The van der Waals surface area contributed by atoms with Crippen LogP contribution in [0.5, 0.6) is 0 Å². The standard InChI is InChI=1S/C16H18O3.C2H6/c1-4-12(6-5-11(2)3)13-7-8-14(10-17)15(9-13)16(18)19;1-2/h4-9,17H,2,10H2,1,3H3,(H,18,19);1-2H3/b6-5-,12-4+;. The first kappa shape index (κ1) is 18.9. The topological polar surface area (TPSA) is 57.5 Å². The van der Waals surface area contributed by atoms with Crippen LogP contribution in [0.25, 0.3) is 5.57 Å². The average molecular weight is 288 g/mol. The predicted molar refractivity (Wildman–Crippen MR) is 88.3 cm³/mol. The highest BCUT2D eigenvalue weighted by molar-refractivity contribution is 5.91. The number of allylic oxidation sites excluding steroid dienone is 5. The van der Waals surface area contributed by atoms with Crippen LogP contribution in [0.15, 0.2) is 48.6 Å². The molecule has 0 aliphatic carbocycles. The Balaban J connectivity index is 0.00000191. The van der Waals surface area contributed by atoms with Crippen molar-refractivity contribution in [3.05, 3.63) is 65.3 Å². The van der Waals surface area contributed by atoms with E-state index in [1.165, 1.54) is 0 Å². The number of carboxylic acids is 1. The van der Waals surface area contributed by atoms with Crippen molar-refractivity contribution in [1.29, 1.82) is 0 Å². The fourth-order valence-corrected chi connectivity index (χ4v) is 1.68. The number of hydrogen-bond acceptors (Lipinski definition) is 2. The number of carboxylic acid groups (broad SMARTS) is 1. The minimum Gasteiger partial charge on any atom is -0.478 e. The largest absolute Gasteiger partial charge is 0.478 e. The van der Waals surface area contributed by atoms with Crippen molar-refractivity contribution in [1.82, 2.24) is 0 Å². The molecule has 0 radical (unpaired) electrons. The van der Waals surface area contributed by atoms with Gasteiger partial charge in [0.2, 0.25) is 0 Å². The lowest BCUT2D eigenvalue weighted by Gasteiger charge is -2.08. The van der Waals surface area contributed by atoms with Gasteiger partial charge in [0.1, 0.15) is 0 Å². The maximum atomic E-state index is 11.1. The van der Waals surface area contributed by atoms with E-state index in [4.69, 9.17) is 10.2 Å². The van der Waals surface area contributed by atoms with E-state index in [9.17, 15) is 4.79 Å². The van der Waals surface area contributed by atoms with Crippen molar-refractivity contribution >= 4 is 11.5 Å². The van der Waals surface area contributed by atoms with Crippen molar-refractivity contribution < 1.29 is 15.0 Å². The summed E-state index contributed by atoms with van der Waals surface area (Å²) < 4.78 is 0. The molecule has 0 aliphatic rings. The second-order valence-corrected chi connectivity index (χ2v) is 4.26. The summed E-state index contributed by atoms with van der Waals surface area (Å²) in [5.74, 6) is -1.04. The van der Waals surface area contributed by atoms with Crippen molar-refractivity contribution in [3.63, 3.8) is 0 Å². The molecule has 0 atom stereocenters. The van der Waals surface area contributed by atoms with E-state index >= 15 is 0 Å². The Labute approximate surface area is 126 Å². The number of hydrogen-bond donors (Lipinski definition) is 2. The molecule has 114 valence electrons. The van der Waals surface area contributed by atoms with Gasteiger partial charge < -0.3 is 10.2 Å². The summed E-state index contributed by atoms with van der Waals surface area (Å²) >= 11 is 0. The van der Waals surface area contributed by atoms with E-state index in [1.54, 1.807) is 18.2 Å². The smallest absolute Gasteiger partial charge is 0.336 e. The molecule has 0 spiro atoms. The monoisotopic (exact) mass is 288 g/mol. The van der Waals surface area contributed by atoms with Crippen LogP contribution in [0.4, 0.5) is 0 Å². The molecule has 0 fully saturated rings. The summed E-state index contributed by atoms with van der Waals surface area (Å²) in [6.07, 6.45) is 5.66. The van der Waals surface area contributed by atoms with Gasteiger partial charge in [-0.1, -0.05) is 56.4 Å². The van der Waals surface area contributed by atoms with Crippen LogP contribution in [0.3, 0.4) is 0 Å². The third-order valence-electron chi connectivity index (χ3n) is 2.70. The third kappa shape index (κ3) is 5.79. The van der Waals surface area contributed by atoms with E-state index in [-0.39, 0.29) is 12.2 Å². The first-order valence-corrected chi connectivity index (χ1v) is 6.97. The molecule has 0 bridgehead atoms. The lowest BCUT2D eigenvalue weighted by molar-refractivity contribution is 0.0693. The van der Waals surface area contributed by atoms with E-state index in [0.717, 1.165) is 16.7 Å². The van der Waals surface area contributed by atoms with Crippen LogP contribution in [-0.4, -0.2) is 16.2 Å². The number of aromatic carboxylic acids is 1. The van der Waals surface area contributed by atoms with Gasteiger partial charge in [0, 0.05) is 0 Å². The lowest BCUT2D eigenvalue weighted by atomic mass is 9.98. The molecular formula is C18H24O3. The fraction of sp³-hybridized carbons (Fsp3) is 0.278. The van der Waals surface area contributed by atoms with E-state index < -0.39 is 5.97 Å². The highest BCUT2D eigenvalue weighted by Crippen LogP contribution is 2.21. The molecule has 21 heavy (non-hydrogen) atoms. The number of rotatable bonds is 5. The fourth-order valence-electron chi connectivity index (χ4n) is 1.68. The first-order chi connectivity index (χ1) is 9.99. The SMILES string of the molecule is C=C(C)/C=C\C(=C/C)c1ccc(CO)c(C(=O)O)c1.CC. The van der Waals surface area contributed by atoms with Gasteiger partial charge in [0.05, 0.1) is 12.2 Å². The highest BCUT2D eigenvalue weighted by atomic mass is 16.4. The predicted octanol–water partition coefficient (Wildman–Crippen LogP) is 4.44. The summed E-state index contributed by atoms with van der Waals surface area (Å²) in [6.45, 7) is 11.3. The molecule has 0 saturated heterocycles. The highest BCUT2D eigenvalue weighted by Gasteiger charge is 2.11. The molecule has 0 unspecified atom stereocenters. The van der Waals surface area contributed by atoms with Gasteiger partial charge >= 0.3 is 5.97 Å². The Kier molecular flexibility index (Phi) is 8.74. The molecule has 2 N–H and O–H groups in total. The Bertz CT molecular complexity index is 552. The zero-order chi connectivity index (χ0) is 16.4. The molecule has 0 saturated carbocycles. The Morgan fingerprint density at radius 1 is 1.29 bits per heavy atom. The van der Waals surface area contributed by atoms with Crippen LogP contribution in [-0.2, 0) is 6.61 Å². The molecule has 1 aromatic rings. The summed E-state index contributed by atoms with van der Waals surface area (Å²) in [4.78, 5) is 11.1. The summed E-state index contributed by atoms with van der Waals surface area (Å²) in [5, 5.41) is 18.3. The molecular weight excluding hydrogens is 264 g/mol. The Morgan fingerprint density at radius 2 is 1.90 bits per heavy atom.